The number of aryl methyl sites for hydroxylation is 2. The summed E-state index contributed by atoms with van der Waals surface area (Å²) in [4.78, 5) is 34.2. The quantitative estimate of drug-likeness (QED) is 0.824. The number of nitrogens with zero attached hydrogens (tertiary/aromatic N) is 4. The van der Waals surface area contributed by atoms with E-state index in [0.717, 1.165) is 43.6 Å². The number of aromatic amines is 1. The largest absolute Gasteiger partial charge is 0.342 e. The minimum atomic E-state index is -0.393. The fraction of sp³-hybridized carbons (Fsp3) is 0.565. The molecule has 7 nitrogen and oxygen atoms in total. The van der Waals surface area contributed by atoms with Gasteiger partial charge in [-0.25, -0.2) is 0 Å². The van der Waals surface area contributed by atoms with Gasteiger partial charge in [-0.3, -0.25) is 19.7 Å². The number of fused-ring (bicyclic) bond motifs is 1. The molecule has 1 atom stereocenters. The molecule has 2 aromatic heterocycles. The summed E-state index contributed by atoms with van der Waals surface area (Å²) < 4.78 is 0. The van der Waals surface area contributed by atoms with E-state index in [1.54, 1.807) is 6.20 Å². The zero-order valence-electron chi connectivity index (χ0n) is 17.4. The first-order valence-electron chi connectivity index (χ1n) is 11.2. The number of amides is 2. The summed E-state index contributed by atoms with van der Waals surface area (Å²) >= 11 is 0. The first-order valence-corrected chi connectivity index (χ1v) is 11.2. The molecule has 1 unspecified atom stereocenters. The molecule has 5 rings (SSSR count). The van der Waals surface area contributed by atoms with E-state index in [4.69, 9.17) is 0 Å². The number of nitrogens with one attached hydrogen (secondary N) is 1. The normalized spacial score (nSPS) is 23.4. The molecule has 30 heavy (non-hydrogen) atoms. The third-order valence-electron chi connectivity index (χ3n) is 7.10. The average molecular weight is 408 g/mol. The molecular weight excluding hydrogens is 378 g/mol. The Morgan fingerprint density at radius 3 is 2.90 bits per heavy atom. The molecule has 1 spiro atoms. The van der Waals surface area contributed by atoms with Gasteiger partial charge in [0.05, 0.1) is 23.3 Å². The van der Waals surface area contributed by atoms with Gasteiger partial charge in [0.2, 0.25) is 11.8 Å². The molecule has 0 bridgehead atoms. The molecule has 2 amide bonds. The van der Waals surface area contributed by atoms with E-state index in [9.17, 15) is 9.59 Å². The Bertz CT molecular complexity index is 940. The van der Waals surface area contributed by atoms with Crippen molar-refractivity contribution in [1.82, 2.24) is 25.0 Å². The Hall–Kier alpha value is -2.70. The summed E-state index contributed by atoms with van der Waals surface area (Å²) in [5, 5.41) is 7.63. The van der Waals surface area contributed by atoms with Gasteiger partial charge < -0.3 is 9.80 Å². The van der Waals surface area contributed by atoms with E-state index < -0.39 is 5.41 Å². The maximum atomic E-state index is 13.2. The summed E-state index contributed by atoms with van der Waals surface area (Å²) in [5.74, 6) is 0.334. The maximum absolute atomic E-state index is 13.2. The molecular formula is C23H29N5O2. The molecule has 2 saturated heterocycles. The fourth-order valence-corrected chi connectivity index (χ4v) is 5.33. The van der Waals surface area contributed by atoms with Gasteiger partial charge in [-0.2, -0.15) is 5.10 Å². The van der Waals surface area contributed by atoms with E-state index in [0.29, 0.717) is 32.5 Å². The van der Waals surface area contributed by atoms with Crippen LogP contribution in [0.4, 0.5) is 0 Å². The van der Waals surface area contributed by atoms with Crippen LogP contribution in [0.3, 0.4) is 0 Å². The Morgan fingerprint density at radius 1 is 1.17 bits per heavy atom. The Balaban J connectivity index is 1.18. The van der Waals surface area contributed by atoms with Crippen LogP contribution in [0.2, 0.25) is 0 Å². The third kappa shape index (κ3) is 3.50. The van der Waals surface area contributed by atoms with Crippen molar-refractivity contribution < 1.29 is 9.59 Å². The van der Waals surface area contributed by atoms with Crippen molar-refractivity contribution in [1.29, 1.82) is 0 Å². The molecule has 0 aromatic carbocycles. The average Bonchev–Trinajstić information content (AvgIpc) is 3.47. The molecule has 1 N–H and O–H groups in total. The van der Waals surface area contributed by atoms with Crippen LogP contribution in [0.15, 0.2) is 24.4 Å². The number of hydrogen-bond acceptors (Lipinski definition) is 4. The van der Waals surface area contributed by atoms with E-state index in [-0.39, 0.29) is 11.8 Å². The second-order valence-corrected chi connectivity index (χ2v) is 8.98. The minimum absolute atomic E-state index is 0.149. The lowest BCUT2D eigenvalue weighted by Crippen LogP contribution is -2.38. The Morgan fingerprint density at radius 2 is 2.03 bits per heavy atom. The van der Waals surface area contributed by atoms with Gasteiger partial charge >= 0.3 is 0 Å². The second-order valence-electron chi connectivity index (χ2n) is 8.98. The molecule has 0 radical (unpaired) electrons. The minimum Gasteiger partial charge on any atom is -0.342 e. The number of carbonyl (C=O) groups is 2. The van der Waals surface area contributed by atoms with Crippen molar-refractivity contribution in [3.63, 3.8) is 0 Å². The lowest BCUT2D eigenvalue weighted by atomic mass is 9.85. The Kier molecular flexibility index (Phi) is 5.05. The van der Waals surface area contributed by atoms with Crippen LogP contribution >= 0.6 is 0 Å². The zero-order valence-corrected chi connectivity index (χ0v) is 17.4. The standard InChI is InChI=1S/C23H29N5O2/c29-21(9-8-20-18-6-1-2-7-19(18)25-26-20)28-14-11-23(16-28)10-13-27(22(23)30)15-17-5-3-4-12-24-17/h3-5,12H,1-2,6-11,13-16H2,(H,25,26). The van der Waals surface area contributed by atoms with Gasteiger partial charge in [0.1, 0.15) is 0 Å². The van der Waals surface area contributed by atoms with Crippen molar-refractivity contribution >= 4 is 11.8 Å². The molecule has 2 aromatic rings. The number of pyridine rings is 1. The lowest BCUT2D eigenvalue weighted by molar-refractivity contribution is -0.137. The first-order chi connectivity index (χ1) is 14.6. The van der Waals surface area contributed by atoms with Crippen molar-refractivity contribution in [2.24, 2.45) is 5.41 Å². The third-order valence-corrected chi connectivity index (χ3v) is 7.10. The molecule has 1 aliphatic carbocycles. The van der Waals surface area contributed by atoms with Gasteiger partial charge in [-0.1, -0.05) is 6.07 Å². The molecule has 158 valence electrons. The first kappa shape index (κ1) is 19.3. The molecule has 2 fully saturated rings. The van der Waals surface area contributed by atoms with E-state index in [1.165, 1.54) is 24.1 Å². The van der Waals surface area contributed by atoms with E-state index in [1.807, 2.05) is 28.0 Å². The summed E-state index contributed by atoms with van der Waals surface area (Å²) in [6, 6.07) is 5.79. The number of hydrogen-bond donors (Lipinski definition) is 1. The second kappa shape index (κ2) is 7.85. The van der Waals surface area contributed by atoms with Crippen LogP contribution in [0.5, 0.6) is 0 Å². The van der Waals surface area contributed by atoms with Crippen LogP contribution < -0.4 is 0 Å². The summed E-state index contributed by atoms with van der Waals surface area (Å²) in [6.07, 6.45) is 9.09. The highest BCUT2D eigenvalue weighted by Crippen LogP contribution is 2.41. The Labute approximate surface area is 176 Å². The highest BCUT2D eigenvalue weighted by atomic mass is 16.2. The van der Waals surface area contributed by atoms with Crippen LogP contribution in [0, 0.1) is 5.41 Å². The zero-order chi connectivity index (χ0) is 20.6. The molecule has 4 heterocycles. The molecule has 3 aliphatic rings. The van der Waals surface area contributed by atoms with Gasteiger partial charge in [-0.05, 0) is 56.2 Å². The van der Waals surface area contributed by atoms with Crippen molar-refractivity contribution in [2.75, 3.05) is 19.6 Å². The van der Waals surface area contributed by atoms with Crippen LogP contribution in [-0.2, 0) is 35.4 Å². The lowest BCUT2D eigenvalue weighted by Gasteiger charge is -2.23. The van der Waals surface area contributed by atoms with E-state index in [2.05, 4.69) is 15.2 Å². The summed E-state index contributed by atoms with van der Waals surface area (Å²) in [6.45, 7) is 2.54. The number of carbonyl (C=O) groups excluding carboxylic acids is 2. The number of likely N-dealkylation sites (tertiary alicyclic amines) is 2. The van der Waals surface area contributed by atoms with Crippen molar-refractivity contribution in [2.45, 2.75) is 57.9 Å². The highest BCUT2D eigenvalue weighted by molar-refractivity contribution is 5.87. The molecule has 7 heteroatoms. The van der Waals surface area contributed by atoms with Crippen molar-refractivity contribution in [3.05, 3.63) is 47.0 Å². The molecule has 2 aliphatic heterocycles. The van der Waals surface area contributed by atoms with Gasteiger partial charge in [0.25, 0.3) is 0 Å². The predicted octanol–water partition coefficient (Wildman–Crippen LogP) is 2.27. The van der Waals surface area contributed by atoms with Gasteiger partial charge in [-0.15, -0.1) is 0 Å². The highest BCUT2D eigenvalue weighted by Gasteiger charge is 2.51. The van der Waals surface area contributed by atoms with Gasteiger partial charge in [0.15, 0.2) is 0 Å². The summed E-state index contributed by atoms with van der Waals surface area (Å²) in [7, 11) is 0. The van der Waals surface area contributed by atoms with Crippen LogP contribution in [0.25, 0.3) is 0 Å². The predicted molar refractivity (Wildman–Crippen MR) is 111 cm³/mol. The number of aromatic nitrogens is 3. The van der Waals surface area contributed by atoms with Crippen LogP contribution in [0.1, 0.15) is 54.7 Å². The maximum Gasteiger partial charge on any atom is 0.231 e. The SMILES string of the molecule is O=C(CCc1n[nH]c2c1CCCC2)N1CCC2(CCN(Cc3ccccn3)C2=O)C1. The van der Waals surface area contributed by atoms with E-state index >= 15 is 0 Å². The topological polar surface area (TPSA) is 82.2 Å². The smallest absolute Gasteiger partial charge is 0.231 e. The number of H-pyrrole nitrogens is 1. The fourth-order valence-electron chi connectivity index (χ4n) is 5.33. The molecule has 0 saturated carbocycles. The van der Waals surface area contributed by atoms with Gasteiger partial charge in [0, 0.05) is 44.4 Å². The van der Waals surface area contributed by atoms with Crippen LogP contribution in [-0.4, -0.2) is 56.4 Å². The summed E-state index contributed by atoms with van der Waals surface area (Å²) in [5.41, 5.74) is 4.17. The monoisotopic (exact) mass is 407 g/mol. The van der Waals surface area contributed by atoms with Crippen molar-refractivity contribution in [3.8, 4) is 0 Å². The number of rotatable bonds is 5.